The number of piperidine rings is 1. The average Bonchev–Trinajstić information content (AvgIpc) is 3.35. The van der Waals surface area contributed by atoms with Crippen LogP contribution in [-0.2, 0) is 12.6 Å². The van der Waals surface area contributed by atoms with Crippen molar-refractivity contribution in [3.63, 3.8) is 0 Å². The molecule has 5 rings (SSSR count). The Morgan fingerprint density at radius 1 is 1.26 bits per heavy atom. The number of aryl methyl sites for hydroxylation is 1. The fraction of sp³-hybridized carbons (Fsp3) is 0.550. The third-order valence-electron chi connectivity index (χ3n) is 6.37. The van der Waals surface area contributed by atoms with Gasteiger partial charge >= 0.3 is 0 Å². The lowest BCUT2D eigenvalue weighted by Gasteiger charge is -2.43. The van der Waals surface area contributed by atoms with Crippen LogP contribution in [0.1, 0.15) is 66.2 Å². The third-order valence-corrected chi connectivity index (χ3v) is 6.37. The van der Waals surface area contributed by atoms with E-state index in [9.17, 15) is 14.3 Å². The highest BCUT2D eigenvalue weighted by molar-refractivity contribution is 5.93. The first-order chi connectivity index (χ1) is 13.0. The summed E-state index contributed by atoms with van der Waals surface area (Å²) >= 11 is 0. The second kappa shape index (κ2) is 5.86. The van der Waals surface area contributed by atoms with Crippen LogP contribution in [0.15, 0.2) is 24.4 Å². The van der Waals surface area contributed by atoms with Crippen LogP contribution in [0.3, 0.4) is 0 Å². The normalized spacial score (nSPS) is 30.0. The maximum atomic E-state index is 14.2. The Hall–Kier alpha value is -2.28. The van der Waals surface area contributed by atoms with Crippen LogP contribution in [0.5, 0.6) is 0 Å². The van der Waals surface area contributed by atoms with Crippen molar-refractivity contribution < 1.29 is 14.3 Å². The molecule has 3 fully saturated rings. The van der Waals surface area contributed by atoms with E-state index in [1.54, 1.807) is 16.8 Å². The zero-order valence-corrected chi connectivity index (χ0v) is 15.3. The monoisotopic (exact) mass is 370 g/mol. The number of rotatable bonds is 3. The van der Waals surface area contributed by atoms with Gasteiger partial charge in [0.15, 0.2) is 0 Å². The van der Waals surface area contributed by atoms with Crippen molar-refractivity contribution in [2.45, 2.75) is 62.1 Å². The summed E-state index contributed by atoms with van der Waals surface area (Å²) in [5.74, 6) is -0.160. The summed E-state index contributed by atoms with van der Waals surface area (Å²) < 4.78 is 15.9. The topological polar surface area (TPSA) is 71.2 Å². The minimum atomic E-state index is -1.27. The third kappa shape index (κ3) is 2.67. The number of carbonyl (C=O) groups excluding carboxylic acids is 1. The van der Waals surface area contributed by atoms with E-state index in [2.05, 4.69) is 10.1 Å². The van der Waals surface area contributed by atoms with E-state index in [-0.39, 0.29) is 23.6 Å². The SMILES string of the molecule is Cn1nc(C2CC2)cc1C(=O)N1C2CCC1CC(O)(c1cccnc1F)C2. The molecule has 0 spiro atoms. The molecule has 0 radical (unpaired) electrons. The fourth-order valence-corrected chi connectivity index (χ4v) is 4.91. The van der Waals surface area contributed by atoms with Crippen LogP contribution < -0.4 is 0 Å². The summed E-state index contributed by atoms with van der Waals surface area (Å²) in [4.78, 5) is 18.8. The number of amides is 1. The van der Waals surface area contributed by atoms with Gasteiger partial charge in [0.2, 0.25) is 5.95 Å². The molecule has 27 heavy (non-hydrogen) atoms. The molecule has 6 nitrogen and oxygen atoms in total. The Morgan fingerprint density at radius 2 is 1.96 bits per heavy atom. The molecule has 2 aromatic heterocycles. The summed E-state index contributed by atoms with van der Waals surface area (Å²) in [6.07, 6.45) is 6.00. The zero-order valence-electron chi connectivity index (χ0n) is 15.3. The molecule has 2 aromatic rings. The molecule has 7 heteroatoms. The molecule has 1 aliphatic carbocycles. The summed E-state index contributed by atoms with van der Waals surface area (Å²) in [6.45, 7) is 0. The number of carbonyl (C=O) groups is 1. The van der Waals surface area contributed by atoms with Crippen molar-refractivity contribution in [3.8, 4) is 0 Å². The first-order valence-electron chi connectivity index (χ1n) is 9.66. The first kappa shape index (κ1) is 16.9. The van der Waals surface area contributed by atoms with Crippen LogP contribution in [0, 0.1) is 5.95 Å². The van der Waals surface area contributed by atoms with E-state index in [1.807, 2.05) is 18.0 Å². The largest absolute Gasteiger partial charge is 0.385 e. The molecule has 0 aromatic carbocycles. The summed E-state index contributed by atoms with van der Waals surface area (Å²) in [5.41, 5.74) is 0.573. The molecule has 3 aliphatic rings. The number of pyridine rings is 1. The second-order valence-electron chi connectivity index (χ2n) is 8.23. The van der Waals surface area contributed by atoms with Gasteiger partial charge in [-0.05, 0) is 37.8 Å². The van der Waals surface area contributed by atoms with Crippen LogP contribution in [0.25, 0.3) is 0 Å². The van der Waals surface area contributed by atoms with Gasteiger partial charge in [0.25, 0.3) is 5.91 Å². The van der Waals surface area contributed by atoms with Gasteiger partial charge in [0, 0.05) is 49.7 Å². The standard InChI is InChI=1S/C20H23FN4O2/c1-24-17(9-16(23-24)12-4-5-12)19(26)25-13-6-7-14(25)11-20(27,10-13)15-3-2-8-22-18(15)21/h2-3,8-9,12-14,27H,4-7,10-11H2,1H3. The maximum Gasteiger partial charge on any atom is 0.272 e. The van der Waals surface area contributed by atoms with Gasteiger partial charge < -0.3 is 10.0 Å². The van der Waals surface area contributed by atoms with Gasteiger partial charge in [-0.25, -0.2) is 4.98 Å². The molecule has 2 saturated heterocycles. The number of fused-ring (bicyclic) bond motifs is 2. The molecular weight excluding hydrogens is 347 g/mol. The van der Waals surface area contributed by atoms with Gasteiger partial charge in [-0.3, -0.25) is 9.48 Å². The molecule has 2 bridgehead atoms. The van der Waals surface area contributed by atoms with Gasteiger partial charge in [0.05, 0.1) is 11.3 Å². The van der Waals surface area contributed by atoms with E-state index in [1.165, 1.54) is 6.20 Å². The van der Waals surface area contributed by atoms with Gasteiger partial charge in [-0.15, -0.1) is 0 Å². The summed E-state index contributed by atoms with van der Waals surface area (Å²) in [7, 11) is 1.81. The lowest BCUT2D eigenvalue weighted by atomic mass is 9.81. The Kier molecular flexibility index (Phi) is 3.66. The molecule has 2 unspecified atom stereocenters. The summed E-state index contributed by atoms with van der Waals surface area (Å²) in [5, 5.41) is 15.7. The maximum absolute atomic E-state index is 14.2. The number of hydrogen-bond acceptors (Lipinski definition) is 4. The Morgan fingerprint density at radius 3 is 2.59 bits per heavy atom. The number of halogens is 1. The molecule has 4 heterocycles. The smallest absolute Gasteiger partial charge is 0.272 e. The molecule has 142 valence electrons. The van der Waals surface area contributed by atoms with Crippen molar-refractivity contribution in [1.29, 1.82) is 0 Å². The van der Waals surface area contributed by atoms with E-state index in [4.69, 9.17) is 0 Å². The quantitative estimate of drug-likeness (QED) is 0.843. The number of hydrogen-bond donors (Lipinski definition) is 1. The molecule has 2 atom stereocenters. The average molecular weight is 370 g/mol. The van der Waals surface area contributed by atoms with E-state index >= 15 is 0 Å². The lowest BCUT2D eigenvalue weighted by Crippen LogP contribution is -2.52. The Balaban J connectivity index is 1.42. The second-order valence-corrected chi connectivity index (χ2v) is 8.23. The van der Waals surface area contributed by atoms with Crippen LogP contribution in [0.2, 0.25) is 0 Å². The Bertz CT molecular complexity index is 893. The fourth-order valence-electron chi connectivity index (χ4n) is 4.91. The van der Waals surface area contributed by atoms with Crippen LogP contribution in [0.4, 0.5) is 4.39 Å². The van der Waals surface area contributed by atoms with Crippen molar-refractivity contribution in [2.24, 2.45) is 7.05 Å². The predicted octanol–water partition coefficient (Wildman–Crippen LogP) is 2.49. The molecule has 1 amide bonds. The predicted molar refractivity (Wildman–Crippen MR) is 95.5 cm³/mol. The highest BCUT2D eigenvalue weighted by Crippen LogP contribution is 2.47. The Labute approximate surface area is 157 Å². The van der Waals surface area contributed by atoms with E-state index in [0.29, 0.717) is 24.5 Å². The highest BCUT2D eigenvalue weighted by atomic mass is 19.1. The van der Waals surface area contributed by atoms with E-state index in [0.717, 1.165) is 31.4 Å². The molecule has 2 aliphatic heterocycles. The van der Waals surface area contributed by atoms with Crippen LogP contribution >= 0.6 is 0 Å². The van der Waals surface area contributed by atoms with E-state index < -0.39 is 11.5 Å². The van der Waals surface area contributed by atoms with Crippen molar-refractivity contribution in [3.05, 3.63) is 47.3 Å². The number of aliphatic hydroxyl groups is 1. The minimum Gasteiger partial charge on any atom is -0.385 e. The van der Waals surface area contributed by atoms with Gasteiger partial charge in [-0.1, -0.05) is 6.07 Å². The number of nitrogens with zero attached hydrogens (tertiary/aromatic N) is 4. The number of aromatic nitrogens is 3. The molecular formula is C20H23FN4O2. The minimum absolute atomic E-state index is 0.0295. The van der Waals surface area contributed by atoms with Crippen molar-refractivity contribution in [2.75, 3.05) is 0 Å². The van der Waals surface area contributed by atoms with Gasteiger partial charge in [0.1, 0.15) is 5.69 Å². The molecule has 1 saturated carbocycles. The highest BCUT2D eigenvalue weighted by Gasteiger charge is 2.51. The van der Waals surface area contributed by atoms with Gasteiger partial charge in [-0.2, -0.15) is 9.49 Å². The lowest BCUT2D eigenvalue weighted by molar-refractivity contribution is -0.0506. The summed E-state index contributed by atoms with van der Waals surface area (Å²) in [6, 6.07) is 4.97. The van der Waals surface area contributed by atoms with Crippen molar-refractivity contribution >= 4 is 5.91 Å². The first-order valence-corrected chi connectivity index (χ1v) is 9.66. The van der Waals surface area contributed by atoms with Crippen molar-refractivity contribution in [1.82, 2.24) is 19.7 Å². The molecule has 1 N–H and O–H groups in total. The zero-order chi connectivity index (χ0) is 18.8. The van der Waals surface area contributed by atoms with Crippen LogP contribution in [-0.4, -0.2) is 42.8 Å².